The Morgan fingerprint density at radius 1 is 1.21 bits per heavy atom. The van der Waals surface area contributed by atoms with Crippen LogP contribution in [0.1, 0.15) is 18.1 Å². The van der Waals surface area contributed by atoms with Crippen molar-refractivity contribution in [1.29, 1.82) is 0 Å². The van der Waals surface area contributed by atoms with Crippen molar-refractivity contribution in [2.24, 2.45) is 0 Å². The Hall–Kier alpha value is -2.80. The van der Waals surface area contributed by atoms with Crippen LogP contribution in [0.3, 0.4) is 0 Å². The molecular formula is C21H22N2O4S. The van der Waals surface area contributed by atoms with Crippen LogP contribution < -0.4 is 10.2 Å². The molecular weight excluding hydrogens is 376 g/mol. The number of para-hydroxylation sites is 1. The second kappa shape index (κ2) is 8.48. The van der Waals surface area contributed by atoms with Crippen LogP contribution in [0.5, 0.6) is 0 Å². The number of nitrogens with one attached hydrogen (secondary N) is 1. The molecule has 1 atom stereocenters. The maximum atomic E-state index is 12.4. The van der Waals surface area contributed by atoms with Crippen LogP contribution in [0.15, 0.2) is 47.4 Å². The first-order chi connectivity index (χ1) is 13.3. The highest BCUT2D eigenvalue weighted by Crippen LogP contribution is 2.34. The smallest absolute Gasteiger partial charge is 0.326 e. The molecule has 6 nitrogen and oxygen atoms in total. The average Bonchev–Trinajstić information content (AvgIpc) is 2.66. The summed E-state index contributed by atoms with van der Waals surface area (Å²) in [4.78, 5) is 39.3. The van der Waals surface area contributed by atoms with Crippen LogP contribution in [0.25, 0.3) is 0 Å². The minimum atomic E-state index is -0.974. The first-order valence-corrected chi connectivity index (χ1v) is 9.93. The number of carbonyl (C=O) groups excluding carboxylic acids is 3. The Morgan fingerprint density at radius 3 is 2.71 bits per heavy atom. The van der Waals surface area contributed by atoms with Gasteiger partial charge in [-0.15, -0.1) is 11.8 Å². The third-order valence-electron chi connectivity index (χ3n) is 4.41. The molecule has 0 unspecified atom stereocenters. The number of fused-ring (bicyclic) bond motifs is 1. The van der Waals surface area contributed by atoms with Crippen LogP contribution in [0.2, 0.25) is 0 Å². The third kappa shape index (κ3) is 4.54. The predicted octanol–water partition coefficient (Wildman–Crippen LogP) is 3.31. The lowest BCUT2D eigenvalue weighted by molar-refractivity contribution is -0.152. The molecule has 1 aliphatic rings. The summed E-state index contributed by atoms with van der Waals surface area (Å²) in [5, 5.41) is 2.77. The van der Waals surface area contributed by atoms with Crippen LogP contribution >= 0.6 is 11.8 Å². The average molecular weight is 398 g/mol. The van der Waals surface area contributed by atoms with Gasteiger partial charge in [-0.25, -0.2) is 0 Å². The fourth-order valence-corrected chi connectivity index (χ4v) is 3.87. The highest BCUT2D eigenvalue weighted by molar-refractivity contribution is 8.00. The second-order valence-corrected chi connectivity index (χ2v) is 7.69. The molecule has 2 amide bonds. The van der Waals surface area contributed by atoms with Crippen molar-refractivity contribution < 1.29 is 19.1 Å². The van der Waals surface area contributed by atoms with Crippen molar-refractivity contribution in [2.45, 2.75) is 31.8 Å². The number of esters is 1. The van der Waals surface area contributed by atoms with E-state index in [1.54, 1.807) is 6.07 Å². The second-order valence-electron chi connectivity index (χ2n) is 6.68. The van der Waals surface area contributed by atoms with E-state index in [2.05, 4.69) is 5.32 Å². The fraction of sp³-hybridized carbons (Fsp3) is 0.286. The van der Waals surface area contributed by atoms with Gasteiger partial charge in [0.05, 0.1) is 11.4 Å². The Kier molecular flexibility index (Phi) is 6.04. The van der Waals surface area contributed by atoms with Gasteiger partial charge in [-0.2, -0.15) is 0 Å². The molecule has 2 aromatic rings. The standard InChI is InChI=1S/C21H22N2O4S/c1-13-8-9-16(14(2)10-13)22-21(26)15(3)27-20(25)11-23-17-6-4-5-7-18(17)28-12-19(23)24/h4-10,15H,11-12H2,1-3H3,(H,22,26)/t15-/m1/s1. The summed E-state index contributed by atoms with van der Waals surface area (Å²) in [5.41, 5.74) is 3.39. The summed E-state index contributed by atoms with van der Waals surface area (Å²) in [6.07, 6.45) is -0.974. The van der Waals surface area contributed by atoms with E-state index in [-0.39, 0.29) is 18.2 Å². The Labute approximate surface area is 168 Å². The van der Waals surface area contributed by atoms with Gasteiger partial charge in [0, 0.05) is 10.6 Å². The first kappa shape index (κ1) is 19.9. The molecule has 3 rings (SSSR count). The SMILES string of the molecule is Cc1ccc(NC(=O)[C@@H](C)OC(=O)CN2C(=O)CSc3ccccc32)c(C)c1. The van der Waals surface area contributed by atoms with Crippen molar-refractivity contribution in [3.05, 3.63) is 53.6 Å². The topological polar surface area (TPSA) is 75.7 Å². The van der Waals surface area contributed by atoms with Crippen molar-refractivity contribution in [2.75, 3.05) is 22.5 Å². The largest absolute Gasteiger partial charge is 0.451 e. The number of carbonyl (C=O) groups is 3. The molecule has 7 heteroatoms. The predicted molar refractivity (Wildman–Crippen MR) is 110 cm³/mol. The van der Waals surface area contributed by atoms with Crippen LogP contribution in [0, 0.1) is 13.8 Å². The lowest BCUT2D eigenvalue weighted by atomic mass is 10.1. The van der Waals surface area contributed by atoms with E-state index < -0.39 is 18.0 Å². The summed E-state index contributed by atoms with van der Waals surface area (Å²) < 4.78 is 5.26. The number of amides is 2. The third-order valence-corrected chi connectivity index (χ3v) is 5.46. The number of thioether (sulfide) groups is 1. The van der Waals surface area contributed by atoms with E-state index >= 15 is 0 Å². The molecule has 28 heavy (non-hydrogen) atoms. The zero-order chi connectivity index (χ0) is 20.3. The molecule has 1 N–H and O–H groups in total. The molecule has 146 valence electrons. The maximum absolute atomic E-state index is 12.4. The van der Waals surface area contributed by atoms with E-state index in [9.17, 15) is 14.4 Å². The minimum absolute atomic E-state index is 0.159. The zero-order valence-electron chi connectivity index (χ0n) is 16.0. The molecule has 0 fully saturated rings. The molecule has 0 saturated heterocycles. The van der Waals surface area contributed by atoms with Crippen LogP contribution in [-0.2, 0) is 19.1 Å². The lowest BCUT2D eigenvalue weighted by Gasteiger charge is -2.28. The number of benzene rings is 2. The molecule has 2 aromatic carbocycles. The Morgan fingerprint density at radius 2 is 1.96 bits per heavy atom. The van der Waals surface area contributed by atoms with Crippen LogP contribution in [0.4, 0.5) is 11.4 Å². The van der Waals surface area contributed by atoms with Crippen molar-refractivity contribution in [1.82, 2.24) is 0 Å². The van der Waals surface area contributed by atoms with E-state index in [1.807, 2.05) is 50.2 Å². The molecule has 1 heterocycles. The van der Waals surface area contributed by atoms with Crippen LogP contribution in [-0.4, -0.2) is 36.2 Å². The van der Waals surface area contributed by atoms with Gasteiger partial charge >= 0.3 is 5.97 Å². The summed E-state index contributed by atoms with van der Waals surface area (Å²) in [6.45, 7) is 5.16. The summed E-state index contributed by atoms with van der Waals surface area (Å²) >= 11 is 1.44. The van der Waals surface area contributed by atoms with Gasteiger partial charge in [-0.05, 0) is 44.5 Å². The van der Waals surface area contributed by atoms with Gasteiger partial charge in [-0.3, -0.25) is 19.3 Å². The number of hydrogen-bond donors (Lipinski definition) is 1. The van der Waals surface area contributed by atoms with Gasteiger partial charge in [0.2, 0.25) is 5.91 Å². The normalized spacial score (nSPS) is 14.2. The zero-order valence-corrected chi connectivity index (χ0v) is 16.8. The van der Waals surface area contributed by atoms with Gasteiger partial charge in [0.15, 0.2) is 6.10 Å². The minimum Gasteiger partial charge on any atom is -0.451 e. The number of hydrogen-bond acceptors (Lipinski definition) is 5. The van der Waals surface area contributed by atoms with Crippen molar-refractivity contribution in [3.8, 4) is 0 Å². The number of aryl methyl sites for hydroxylation is 2. The number of ether oxygens (including phenoxy) is 1. The lowest BCUT2D eigenvalue weighted by Crippen LogP contribution is -2.41. The quantitative estimate of drug-likeness (QED) is 0.782. The Bertz CT molecular complexity index is 928. The van der Waals surface area contributed by atoms with E-state index in [1.165, 1.54) is 23.6 Å². The monoisotopic (exact) mass is 398 g/mol. The van der Waals surface area contributed by atoms with Gasteiger partial charge in [0.25, 0.3) is 5.91 Å². The van der Waals surface area contributed by atoms with Gasteiger partial charge in [0.1, 0.15) is 6.54 Å². The number of rotatable bonds is 5. The highest BCUT2D eigenvalue weighted by atomic mass is 32.2. The number of anilines is 2. The molecule has 0 saturated carbocycles. The van der Waals surface area contributed by atoms with E-state index in [4.69, 9.17) is 4.74 Å². The van der Waals surface area contributed by atoms with E-state index in [0.717, 1.165) is 16.0 Å². The first-order valence-electron chi connectivity index (χ1n) is 8.95. The molecule has 0 spiro atoms. The summed E-state index contributed by atoms with van der Waals surface area (Å²) in [5.74, 6) is -0.930. The Balaban J connectivity index is 1.61. The maximum Gasteiger partial charge on any atom is 0.326 e. The summed E-state index contributed by atoms with van der Waals surface area (Å²) in [7, 11) is 0. The van der Waals surface area contributed by atoms with E-state index in [0.29, 0.717) is 11.4 Å². The molecule has 0 aromatic heterocycles. The number of nitrogens with zero attached hydrogens (tertiary/aromatic N) is 1. The molecule has 0 radical (unpaired) electrons. The van der Waals surface area contributed by atoms with Crippen molar-refractivity contribution in [3.63, 3.8) is 0 Å². The fourth-order valence-electron chi connectivity index (χ4n) is 2.93. The van der Waals surface area contributed by atoms with Crippen molar-refractivity contribution >= 4 is 40.9 Å². The van der Waals surface area contributed by atoms with Gasteiger partial charge < -0.3 is 10.1 Å². The molecule has 0 aliphatic carbocycles. The highest BCUT2D eigenvalue weighted by Gasteiger charge is 2.28. The molecule has 1 aliphatic heterocycles. The summed E-state index contributed by atoms with van der Waals surface area (Å²) in [6, 6.07) is 13.1. The van der Waals surface area contributed by atoms with Gasteiger partial charge in [-0.1, -0.05) is 29.8 Å². The molecule has 0 bridgehead atoms.